The highest BCUT2D eigenvalue weighted by Crippen LogP contribution is 2.18. The lowest BCUT2D eigenvalue weighted by Crippen LogP contribution is -2.45. The molecule has 2 aromatic heterocycles. The molecule has 1 aromatic carbocycles. The van der Waals surface area contributed by atoms with Gasteiger partial charge in [-0.2, -0.15) is 20.1 Å². The number of aryl methyl sites for hydroxylation is 1. The van der Waals surface area contributed by atoms with Gasteiger partial charge < -0.3 is 15.1 Å². The summed E-state index contributed by atoms with van der Waals surface area (Å²) < 4.78 is 13.1. The highest BCUT2D eigenvalue weighted by molar-refractivity contribution is 5.67. The lowest BCUT2D eigenvalue weighted by molar-refractivity contribution is 0.311. The fourth-order valence-electron chi connectivity index (χ4n) is 3.00. The highest BCUT2D eigenvalue weighted by Gasteiger charge is 2.18. The Hall–Kier alpha value is -3.33. The first kappa shape index (κ1) is 19.0. The van der Waals surface area contributed by atoms with Crippen LogP contribution in [-0.4, -0.2) is 63.3 Å². The molecule has 150 valence electrons. The van der Waals surface area contributed by atoms with Crippen molar-refractivity contribution in [2.75, 3.05) is 43.4 Å². The Morgan fingerprint density at radius 1 is 1.03 bits per heavy atom. The highest BCUT2D eigenvalue weighted by atomic mass is 19.1. The number of piperazine rings is 1. The van der Waals surface area contributed by atoms with Crippen LogP contribution in [-0.2, 0) is 0 Å². The van der Waals surface area contributed by atoms with Crippen molar-refractivity contribution in [3.63, 3.8) is 0 Å². The van der Waals surface area contributed by atoms with Gasteiger partial charge in [0.2, 0.25) is 11.9 Å². The van der Waals surface area contributed by atoms with Crippen LogP contribution in [0.1, 0.15) is 17.1 Å². The topological polar surface area (TPSA) is 85.9 Å². The molecule has 4 rings (SSSR count). The number of aromatic amines is 1. The zero-order chi connectivity index (χ0) is 20.2. The lowest BCUT2D eigenvalue weighted by Gasteiger charge is -2.32. The second kappa shape index (κ2) is 8.36. The number of likely N-dealkylation sites (N-methyl/N-ethyl adjacent to an activating group) is 1. The van der Waals surface area contributed by atoms with E-state index in [1.54, 1.807) is 18.2 Å². The SMILES string of the molecule is Cc1cc(Nc2nc(/C=C/c3ccc(F)cc3)nc(N3CCN(C)CC3)n2)n[nH]1. The number of nitrogens with zero attached hydrogens (tertiary/aromatic N) is 6. The molecule has 29 heavy (non-hydrogen) atoms. The smallest absolute Gasteiger partial charge is 0.233 e. The van der Waals surface area contributed by atoms with Crippen LogP contribution in [0.2, 0.25) is 0 Å². The molecule has 2 N–H and O–H groups in total. The van der Waals surface area contributed by atoms with Crippen LogP contribution >= 0.6 is 0 Å². The van der Waals surface area contributed by atoms with E-state index < -0.39 is 0 Å². The Morgan fingerprint density at radius 3 is 2.48 bits per heavy atom. The fraction of sp³-hybridized carbons (Fsp3) is 0.300. The number of aromatic nitrogens is 5. The summed E-state index contributed by atoms with van der Waals surface area (Å²) in [5.41, 5.74) is 1.81. The zero-order valence-electron chi connectivity index (χ0n) is 16.4. The van der Waals surface area contributed by atoms with Gasteiger partial charge in [0, 0.05) is 37.9 Å². The predicted octanol–water partition coefficient (Wildman–Crippen LogP) is 2.71. The maximum Gasteiger partial charge on any atom is 0.233 e. The third-order valence-corrected chi connectivity index (χ3v) is 4.67. The molecular weight excluding hydrogens is 371 g/mol. The summed E-state index contributed by atoms with van der Waals surface area (Å²) in [6.07, 6.45) is 3.65. The molecule has 8 nitrogen and oxygen atoms in total. The van der Waals surface area contributed by atoms with Crippen LogP contribution in [0.15, 0.2) is 30.3 Å². The van der Waals surface area contributed by atoms with Crippen LogP contribution in [0.25, 0.3) is 12.2 Å². The first-order valence-electron chi connectivity index (χ1n) is 9.47. The molecular formula is C20H23FN8. The van der Waals surface area contributed by atoms with Gasteiger partial charge in [-0.05, 0) is 37.7 Å². The molecule has 0 unspecified atom stereocenters. The van der Waals surface area contributed by atoms with Crippen molar-refractivity contribution < 1.29 is 4.39 Å². The molecule has 0 radical (unpaired) electrons. The molecule has 0 aliphatic carbocycles. The van der Waals surface area contributed by atoms with E-state index in [1.165, 1.54) is 12.1 Å². The zero-order valence-corrected chi connectivity index (χ0v) is 16.4. The Labute approximate surface area is 168 Å². The minimum atomic E-state index is -0.263. The summed E-state index contributed by atoms with van der Waals surface area (Å²) in [5.74, 6) is 1.96. The molecule has 1 aliphatic heterocycles. The molecule has 9 heteroatoms. The summed E-state index contributed by atoms with van der Waals surface area (Å²) in [4.78, 5) is 18.1. The third kappa shape index (κ3) is 4.94. The third-order valence-electron chi connectivity index (χ3n) is 4.67. The second-order valence-electron chi connectivity index (χ2n) is 7.05. The molecule has 1 saturated heterocycles. The maximum absolute atomic E-state index is 13.1. The van der Waals surface area contributed by atoms with Gasteiger partial charge in [-0.25, -0.2) is 4.39 Å². The van der Waals surface area contributed by atoms with E-state index in [-0.39, 0.29) is 5.82 Å². The number of H-pyrrole nitrogens is 1. The van der Waals surface area contributed by atoms with Crippen LogP contribution in [0.5, 0.6) is 0 Å². The van der Waals surface area contributed by atoms with Crippen LogP contribution in [0.3, 0.4) is 0 Å². The van der Waals surface area contributed by atoms with E-state index in [2.05, 4.69) is 47.3 Å². The van der Waals surface area contributed by atoms with Crippen molar-refractivity contribution in [3.8, 4) is 0 Å². The van der Waals surface area contributed by atoms with Gasteiger partial charge in [0.05, 0.1) is 0 Å². The number of anilines is 3. The lowest BCUT2D eigenvalue weighted by atomic mass is 10.2. The number of rotatable bonds is 5. The first-order valence-corrected chi connectivity index (χ1v) is 9.47. The Balaban J connectivity index is 1.62. The van der Waals surface area contributed by atoms with Gasteiger partial charge in [0.1, 0.15) is 5.82 Å². The molecule has 3 heterocycles. The molecule has 0 saturated carbocycles. The molecule has 0 atom stereocenters. The van der Waals surface area contributed by atoms with E-state index in [0.29, 0.717) is 23.5 Å². The molecule has 0 amide bonds. The second-order valence-corrected chi connectivity index (χ2v) is 7.05. The normalized spacial score (nSPS) is 15.2. The maximum atomic E-state index is 13.1. The summed E-state index contributed by atoms with van der Waals surface area (Å²) >= 11 is 0. The molecule has 0 spiro atoms. The quantitative estimate of drug-likeness (QED) is 0.688. The van der Waals surface area contributed by atoms with Crippen molar-refractivity contribution in [1.29, 1.82) is 0 Å². The van der Waals surface area contributed by atoms with E-state index >= 15 is 0 Å². The largest absolute Gasteiger partial charge is 0.338 e. The number of halogens is 1. The van der Waals surface area contributed by atoms with Crippen molar-refractivity contribution in [2.24, 2.45) is 0 Å². The van der Waals surface area contributed by atoms with Crippen LogP contribution in [0.4, 0.5) is 22.1 Å². The molecule has 0 bridgehead atoms. The monoisotopic (exact) mass is 394 g/mol. The number of hydrogen-bond donors (Lipinski definition) is 2. The van der Waals surface area contributed by atoms with Gasteiger partial charge in [-0.15, -0.1) is 0 Å². The van der Waals surface area contributed by atoms with E-state index in [1.807, 2.05) is 19.1 Å². The average Bonchev–Trinajstić information content (AvgIpc) is 3.12. The molecule has 1 fully saturated rings. The molecule has 3 aromatic rings. The van der Waals surface area contributed by atoms with E-state index in [0.717, 1.165) is 37.4 Å². The van der Waals surface area contributed by atoms with Gasteiger partial charge in [0.15, 0.2) is 11.6 Å². The molecule has 1 aliphatic rings. The van der Waals surface area contributed by atoms with Crippen molar-refractivity contribution in [2.45, 2.75) is 6.92 Å². The van der Waals surface area contributed by atoms with Gasteiger partial charge in [0.25, 0.3) is 0 Å². The first-order chi connectivity index (χ1) is 14.0. The fourth-order valence-corrected chi connectivity index (χ4v) is 3.00. The van der Waals surface area contributed by atoms with Gasteiger partial charge >= 0.3 is 0 Å². The van der Waals surface area contributed by atoms with Crippen molar-refractivity contribution >= 4 is 29.9 Å². The average molecular weight is 394 g/mol. The summed E-state index contributed by atoms with van der Waals surface area (Å²) in [5, 5.41) is 10.2. The van der Waals surface area contributed by atoms with Gasteiger partial charge in [-0.1, -0.05) is 18.2 Å². The Kier molecular flexibility index (Phi) is 5.48. The Bertz CT molecular complexity index is 990. The number of nitrogens with one attached hydrogen (secondary N) is 2. The summed E-state index contributed by atoms with van der Waals surface area (Å²) in [6, 6.07) is 8.15. The van der Waals surface area contributed by atoms with Gasteiger partial charge in [-0.3, -0.25) is 5.10 Å². The Morgan fingerprint density at radius 2 is 1.79 bits per heavy atom. The predicted molar refractivity (Wildman–Crippen MR) is 111 cm³/mol. The number of benzene rings is 1. The van der Waals surface area contributed by atoms with Crippen molar-refractivity contribution in [3.05, 3.63) is 53.2 Å². The van der Waals surface area contributed by atoms with E-state index in [9.17, 15) is 4.39 Å². The number of hydrogen-bond acceptors (Lipinski definition) is 7. The standard InChI is InChI=1S/C20H23FN8/c1-14-13-18(27-26-14)23-19-22-17(8-5-15-3-6-16(21)7-4-15)24-20(25-19)29-11-9-28(2)10-12-29/h3-8,13H,9-12H2,1-2H3,(H2,22,23,24,25,26,27)/b8-5+. The van der Waals surface area contributed by atoms with Crippen LogP contribution in [0, 0.1) is 12.7 Å². The van der Waals surface area contributed by atoms with E-state index in [4.69, 9.17) is 0 Å². The van der Waals surface area contributed by atoms with Crippen LogP contribution < -0.4 is 10.2 Å². The van der Waals surface area contributed by atoms with Crippen molar-refractivity contribution in [1.82, 2.24) is 30.0 Å². The minimum Gasteiger partial charge on any atom is -0.338 e. The minimum absolute atomic E-state index is 0.263. The summed E-state index contributed by atoms with van der Waals surface area (Å²) in [6.45, 7) is 5.53. The summed E-state index contributed by atoms with van der Waals surface area (Å²) in [7, 11) is 2.11.